The van der Waals surface area contributed by atoms with Gasteiger partial charge in [-0.05, 0) is 42.5 Å². The molecule has 34 heavy (non-hydrogen) atoms. The van der Waals surface area contributed by atoms with Gasteiger partial charge >= 0.3 is 0 Å². The Morgan fingerprint density at radius 1 is 1.21 bits per heavy atom. The van der Waals surface area contributed by atoms with Crippen molar-refractivity contribution in [3.8, 4) is 22.9 Å². The van der Waals surface area contributed by atoms with Crippen LogP contribution in [-0.2, 0) is 11.3 Å². The van der Waals surface area contributed by atoms with Crippen LogP contribution < -0.4 is 21.0 Å². The maximum Gasteiger partial charge on any atom is 0.251 e. The number of pyridine rings is 1. The fourth-order valence-electron chi connectivity index (χ4n) is 3.60. The van der Waals surface area contributed by atoms with E-state index in [0.29, 0.717) is 47.4 Å². The van der Waals surface area contributed by atoms with E-state index in [-0.39, 0.29) is 17.3 Å². The van der Waals surface area contributed by atoms with Crippen LogP contribution in [0, 0.1) is 11.6 Å². The van der Waals surface area contributed by atoms with Crippen molar-refractivity contribution in [2.24, 2.45) is 4.99 Å². The van der Waals surface area contributed by atoms with Crippen molar-refractivity contribution in [2.45, 2.75) is 6.54 Å². The number of rotatable bonds is 5. The Morgan fingerprint density at radius 2 is 2.09 bits per heavy atom. The van der Waals surface area contributed by atoms with Gasteiger partial charge < -0.3 is 19.9 Å². The molecular formula is C24H18F2N6O2. The SMILES string of the molecule is C=CC(=O)Nc1cccc(N=c2ncc3cc(Oc4ccc(F)cc4F)c4n(c-3n2)CCN4)c1. The number of ether oxygens (including phenoxy) is 1. The van der Waals surface area contributed by atoms with E-state index in [1.165, 1.54) is 12.1 Å². The summed E-state index contributed by atoms with van der Waals surface area (Å²) in [5.41, 5.74) is 2.03. The number of amides is 1. The van der Waals surface area contributed by atoms with Crippen LogP contribution in [0.2, 0.25) is 0 Å². The van der Waals surface area contributed by atoms with Gasteiger partial charge in [0, 0.05) is 36.6 Å². The van der Waals surface area contributed by atoms with Crippen LogP contribution in [0.1, 0.15) is 0 Å². The molecule has 0 atom stereocenters. The monoisotopic (exact) mass is 460 g/mol. The first-order valence-electron chi connectivity index (χ1n) is 10.4. The van der Waals surface area contributed by atoms with Gasteiger partial charge in [-0.1, -0.05) is 12.6 Å². The molecule has 2 N–H and O–H groups in total. The number of carbonyl (C=O) groups is 1. The lowest BCUT2D eigenvalue weighted by Crippen LogP contribution is -2.17. The molecule has 5 rings (SSSR count). The van der Waals surface area contributed by atoms with E-state index in [9.17, 15) is 13.6 Å². The Morgan fingerprint density at radius 3 is 2.91 bits per heavy atom. The number of aromatic nitrogens is 3. The Balaban J connectivity index is 1.53. The fraction of sp³-hybridized carbons (Fsp3) is 0.0833. The first-order valence-corrected chi connectivity index (χ1v) is 10.4. The van der Waals surface area contributed by atoms with Gasteiger partial charge in [0.2, 0.25) is 5.91 Å². The second-order valence-electron chi connectivity index (χ2n) is 7.42. The van der Waals surface area contributed by atoms with Crippen LogP contribution in [0.15, 0.2) is 72.4 Å². The molecule has 0 fully saturated rings. The molecule has 0 spiro atoms. The Bertz CT molecular complexity index is 1470. The highest BCUT2D eigenvalue weighted by Gasteiger charge is 2.23. The van der Waals surface area contributed by atoms with Crippen molar-refractivity contribution in [2.75, 3.05) is 17.2 Å². The maximum atomic E-state index is 14.1. The van der Waals surface area contributed by atoms with Crippen LogP contribution in [0.4, 0.5) is 26.0 Å². The summed E-state index contributed by atoms with van der Waals surface area (Å²) in [6.45, 7) is 4.67. The summed E-state index contributed by atoms with van der Waals surface area (Å²) in [6.07, 6.45) is 2.79. The van der Waals surface area contributed by atoms with Crippen LogP contribution in [0.5, 0.6) is 11.5 Å². The van der Waals surface area contributed by atoms with Crippen molar-refractivity contribution >= 4 is 23.1 Å². The molecule has 0 aromatic heterocycles. The zero-order chi connectivity index (χ0) is 23.7. The van der Waals surface area contributed by atoms with E-state index >= 15 is 0 Å². The number of nitrogens with zero attached hydrogens (tertiary/aromatic N) is 4. The van der Waals surface area contributed by atoms with Crippen molar-refractivity contribution in [3.63, 3.8) is 0 Å². The zero-order valence-corrected chi connectivity index (χ0v) is 17.8. The van der Waals surface area contributed by atoms with Gasteiger partial charge in [-0.25, -0.2) is 18.8 Å². The van der Waals surface area contributed by atoms with Crippen LogP contribution in [0.3, 0.4) is 0 Å². The minimum absolute atomic E-state index is 0.0896. The lowest BCUT2D eigenvalue weighted by molar-refractivity contribution is -0.111. The highest BCUT2D eigenvalue weighted by atomic mass is 19.1. The maximum absolute atomic E-state index is 14.1. The third-order valence-electron chi connectivity index (χ3n) is 5.10. The Labute approximate surface area is 192 Å². The summed E-state index contributed by atoms with van der Waals surface area (Å²) in [5, 5.41) is 5.90. The van der Waals surface area contributed by atoms with Gasteiger partial charge in [0.1, 0.15) is 11.6 Å². The molecule has 3 heterocycles. The molecule has 0 radical (unpaired) electrons. The average Bonchev–Trinajstić information content (AvgIpc) is 3.32. The largest absolute Gasteiger partial charge is 0.450 e. The van der Waals surface area contributed by atoms with Gasteiger partial charge in [0.15, 0.2) is 23.1 Å². The topological polar surface area (TPSA) is 93.4 Å². The summed E-state index contributed by atoms with van der Waals surface area (Å²) in [6, 6.07) is 11.8. The van der Waals surface area contributed by atoms with Gasteiger partial charge in [0.25, 0.3) is 5.62 Å². The molecule has 3 aliphatic rings. The molecule has 3 aliphatic heterocycles. The van der Waals surface area contributed by atoms with Gasteiger partial charge in [-0.15, -0.1) is 0 Å². The number of fused-ring (bicyclic) bond motifs is 3. The normalized spacial score (nSPS) is 12.8. The van der Waals surface area contributed by atoms with E-state index in [1.54, 1.807) is 36.5 Å². The molecule has 0 saturated heterocycles. The number of hydrogen-bond acceptors (Lipinski definition) is 6. The second-order valence-corrected chi connectivity index (χ2v) is 7.42. The van der Waals surface area contributed by atoms with Crippen LogP contribution in [-0.4, -0.2) is 27.0 Å². The second kappa shape index (κ2) is 8.74. The van der Waals surface area contributed by atoms with Crippen molar-refractivity contribution in [1.82, 2.24) is 14.5 Å². The van der Waals surface area contributed by atoms with E-state index < -0.39 is 11.6 Å². The number of hydrogen-bond donors (Lipinski definition) is 2. The lowest BCUT2D eigenvalue weighted by atomic mass is 10.2. The smallest absolute Gasteiger partial charge is 0.251 e. The van der Waals surface area contributed by atoms with Gasteiger partial charge in [-0.2, -0.15) is 4.98 Å². The summed E-state index contributed by atoms with van der Waals surface area (Å²) < 4.78 is 35.0. The highest BCUT2D eigenvalue weighted by Crippen LogP contribution is 2.38. The molecular weight excluding hydrogens is 442 g/mol. The number of nitrogens with one attached hydrogen (secondary N) is 2. The van der Waals surface area contributed by atoms with Crippen LogP contribution in [0.25, 0.3) is 11.4 Å². The van der Waals surface area contributed by atoms with Crippen molar-refractivity contribution in [3.05, 3.63) is 84.6 Å². The van der Waals surface area contributed by atoms with E-state index in [2.05, 4.69) is 32.2 Å². The molecule has 10 heteroatoms. The molecule has 1 amide bonds. The molecule has 170 valence electrons. The highest BCUT2D eigenvalue weighted by molar-refractivity contribution is 5.99. The Hall–Kier alpha value is -4.60. The molecule has 0 saturated carbocycles. The van der Waals surface area contributed by atoms with Crippen molar-refractivity contribution < 1.29 is 18.3 Å². The van der Waals surface area contributed by atoms with Gasteiger partial charge in [0.05, 0.1) is 5.69 Å². The summed E-state index contributed by atoms with van der Waals surface area (Å²) in [4.78, 5) is 24.9. The first-order chi connectivity index (χ1) is 16.5. The molecule has 0 aliphatic carbocycles. The molecule has 2 aromatic rings. The zero-order valence-electron chi connectivity index (χ0n) is 17.8. The lowest BCUT2D eigenvalue weighted by Gasteiger charge is -2.17. The average molecular weight is 460 g/mol. The summed E-state index contributed by atoms with van der Waals surface area (Å²) in [7, 11) is 0. The quantitative estimate of drug-likeness (QED) is 0.435. The Kier molecular flexibility index (Phi) is 5.46. The first kappa shape index (κ1) is 21.3. The minimum Gasteiger partial charge on any atom is -0.450 e. The number of anilines is 2. The fourth-order valence-corrected chi connectivity index (χ4v) is 3.60. The third-order valence-corrected chi connectivity index (χ3v) is 5.10. The molecule has 0 unspecified atom stereocenters. The van der Waals surface area contributed by atoms with E-state index in [1.807, 2.05) is 4.57 Å². The van der Waals surface area contributed by atoms with E-state index in [4.69, 9.17) is 4.74 Å². The predicted octanol–water partition coefficient (Wildman–Crippen LogP) is 4.24. The molecule has 0 bridgehead atoms. The third kappa shape index (κ3) is 4.20. The molecule has 2 aromatic carbocycles. The number of benzene rings is 2. The molecule has 8 nitrogen and oxygen atoms in total. The van der Waals surface area contributed by atoms with Crippen LogP contribution >= 0.6 is 0 Å². The number of halogens is 2. The standard InChI is InChI=1S/C24H18F2N6O2/c1-2-21(33)29-16-4-3-5-17(12-16)30-24-28-13-14-10-20(23-27-8-9-32(23)22(14)31-24)34-19-7-6-15(25)11-18(19)26/h2-7,10-13,27H,1,8-9H2,(H,29,33). The predicted molar refractivity (Wildman–Crippen MR) is 122 cm³/mol. The van der Waals surface area contributed by atoms with Crippen molar-refractivity contribution in [1.29, 1.82) is 0 Å². The summed E-state index contributed by atoms with van der Waals surface area (Å²) >= 11 is 0. The van der Waals surface area contributed by atoms with E-state index in [0.717, 1.165) is 12.1 Å². The summed E-state index contributed by atoms with van der Waals surface area (Å²) in [5.74, 6) is -0.278. The number of carbonyl (C=O) groups excluding carboxylic acids is 1. The van der Waals surface area contributed by atoms with Gasteiger partial charge in [-0.3, -0.25) is 4.79 Å². The minimum atomic E-state index is -0.797.